The minimum atomic E-state index is -6.09. The van der Waals surface area contributed by atoms with Crippen LogP contribution in [0, 0.1) is 4.12 Å². The molecule has 9 heteroatoms. The van der Waals surface area contributed by atoms with E-state index >= 15 is 0 Å². The van der Waals surface area contributed by atoms with Gasteiger partial charge in [-0.05, 0) is 0 Å². The van der Waals surface area contributed by atoms with Crippen molar-refractivity contribution in [3.8, 4) is 0 Å². The van der Waals surface area contributed by atoms with Crippen LogP contribution in [0.3, 0.4) is 0 Å². The molecule has 0 spiro atoms. The molecule has 0 saturated heterocycles. The van der Waals surface area contributed by atoms with Gasteiger partial charge in [-0.15, -0.1) is 0 Å². The Morgan fingerprint density at radius 1 is 1.38 bits per heavy atom. The molecule has 1 aliphatic carbocycles. The Bertz CT molecular complexity index is 615. The first-order valence-corrected chi connectivity index (χ1v) is 9.39. The molecule has 4 nitrogen and oxygen atoms in total. The SMILES string of the molecule is COC1=CC2[Te][C+]=CC(C)=C2C=C1.O=S(=O)([O-])C(F)(F)F. The molecule has 1 aliphatic heterocycles. The van der Waals surface area contributed by atoms with Crippen LogP contribution < -0.4 is 0 Å². The predicted octanol–water partition coefficient (Wildman–Crippen LogP) is 2.28. The van der Waals surface area contributed by atoms with Gasteiger partial charge in [-0.25, -0.2) is 8.42 Å². The molecule has 0 aromatic carbocycles. The van der Waals surface area contributed by atoms with Gasteiger partial charge in [-0.1, -0.05) is 0 Å². The van der Waals surface area contributed by atoms with Crippen LogP contribution >= 0.6 is 0 Å². The molecule has 0 bridgehead atoms. The Morgan fingerprint density at radius 3 is 2.43 bits per heavy atom. The zero-order valence-electron chi connectivity index (χ0n) is 11.0. The molecule has 2 rings (SSSR count). The Balaban J connectivity index is 0.000000240. The number of ether oxygens (including phenoxy) is 1. The van der Waals surface area contributed by atoms with Crippen molar-refractivity contribution in [1.82, 2.24) is 0 Å². The van der Waals surface area contributed by atoms with Crippen LogP contribution in [0.4, 0.5) is 13.2 Å². The van der Waals surface area contributed by atoms with Crippen molar-refractivity contribution in [2.45, 2.75) is 16.4 Å². The molecule has 1 unspecified atom stereocenters. The molecule has 0 aromatic heterocycles. The second kappa shape index (κ2) is 6.95. The second-order valence-corrected chi connectivity index (χ2v) is 8.11. The Hall–Kier alpha value is -0.840. The number of allylic oxidation sites excluding steroid dienone is 6. The summed E-state index contributed by atoms with van der Waals surface area (Å²) in [6.45, 7) is 2.15. The topological polar surface area (TPSA) is 66.4 Å². The molecule has 0 aromatic rings. The summed E-state index contributed by atoms with van der Waals surface area (Å²) in [5, 5.41) is 0. The molecular formula is C12H11F3O4STe. The summed E-state index contributed by atoms with van der Waals surface area (Å²) < 4.78 is 68.1. The first-order valence-electron chi connectivity index (χ1n) is 5.47. The zero-order valence-corrected chi connectivity index (χ0v) is 14.1. The van der Waals surface area contributed by atoms with E-state index < -0.39 is 15.6 Å². The fourth-order valence-electron chi connectivity index (χ4n) is 1.43. The van der Waals surface area contributed by atoms with Gasteiger partial charge < -0.3 is 4.55 Å². The number of halogens is 3. The molecule has 0 fully saturated rings. The first kappa shape index (κ1) is 18.2. The molecule has 0 amide bonds. The summed E-state index contributed by atoms with van der Waals surface area (Å²) in [7, 11) is -4.37. The first-order chi connectivity index (χ1) is 9.56. The van der Waals surface area contributed by atoms with E-state index in [0.717, 1.165) is 5.76 Å². The Labute approximate surface area is 130 Å². The number of alkyl halides is 3. The van der Waals surface area contributed by atoms with Gasteiger partial charge in [0.05, 0.1) is 0 Å². The van der Waals surface area contributed by atoms with Crippen molar-refractivity contribution in [2.75, 3.05) is 7.11 Å². The van der Waals surface area contributed by atoms with E-state index in [4.69, 9.17) is 17.7 Å². The maximum Gasteiger partial charge on any atom is 0.485 e. The van der Waals surface area contributed by atoms with Crippen molar-refractivity contribution in [3.05, 3.63) is 45.3 Å². The van der Waals surface area contributed by atoms with Crippen LogP contribution in [0.15, 0.2) is 41.2 Å². The van der Waals surface area contributed by atoms with E-state index in [-0.39, 0.29) is 20.9 Å². The van der Waals surface area contributed by atoms with Crippen molar-refractivity contribution < 1.29 is 30.9 Å². The van der Waals surface area contributed by atoms with Crippen LogP contribution in [0.5, 0.6) is 0 Å². The van der Waals surface area contributed by atoms with Crippen LogP contribution in [0.1, 0.15) is 6.92 Å². The fourth-order valence-corrected chi connectivity index (χ4v) is 4.24. The minimum absolute atomic E-state index is 0.152. The van der Waals surface area contributed by atoms with E-state index in [9.17, 15) is 13.2 Å². The Morgan fingerprint density at radius 2 is 1.95 bits per heavy atom. The molecule has 0 radical (unpaired) electrons. The number of methoxy groups -OCH3 is 1. The third-order valence-electron chi connectivity index (χ3n) is 2.49. The van der Waals surface area contributed by atoms with Crippen LogP contribution in [-0.2, 0) is 14.9 Å². The van der Waals surface area contributed by atoms with Crippen molar-refractivity contribution in [3.63, 3.8) is 0 Å². The maximum absolute atomic E-state index is 10.7. The molecule has 2 aliphatic rings. The average Bonchev–Trinajstić information content (AvgIpc) is 2.37. The summed E-state index contributed by atoms with van der Waals surface area (Å²) in [5.41, 5.74) is -2.83. The number of hydrogen-bond acceptors (Lipinski definition) is 4. The molecule has 1 heterocycles. The number of rotatable bonds is 1. The van der Waals surface area contributed by atoms with Gasteiger partial charge >= 0.3 is 94.5 Å². The van der Waals surface area contributed by atoms with Gasteiger partial charge in [-0.3, -0.25) is 0 Å². The van der Waals surface area contributed by atoms with Gasteiger partial charge in [0, 0.05) is 0 Å². The third kappa shape index (κ3) is 5.13. The molecule has 0 N–H and O–H groups in total. The van der Waals surface area contributed by atoms with Gasteiger partial charge in [0.25, 0.3) is 0 Å². The zero-order chi connectivity index (χ0) is 16.3. The fraction of sp³-hybridized carbons (Fsp3) is 0.333. The standard InChI is InChI=1S/C11H11OTe.CHF3O3S/c1-8-5-6-13-11-7-9(12-2)3-4-10(8)11;2-1(3,4)8(5,6)7/h3-5,7,11H,1-2H3;(H,5,6,7)/q+1;/p-1. The quantitative estimate of drug-likeness (QED) is 0.274. The van der Waals surface area contributed by atoms with Crippen molar-refractivity contribution in [1.29, 1.82) is 0 Å². The van der Waals surface area contributed by atoms with Crippen molar-refractivity contribution >= 4 is 31.0 Å². The van der Waals surface area contributed by atoms with Crippen LogP contribution in [-0.4, -0.2) is 46.5 Å². The summed E-state index contributed by atoms with van der Waals surface area (Å²) in [5.74, 6) is 0.996. The van der Waals surface area contributed by atoms with Crippen LogP contribution in [0.2, 0.25) is 3.97 Å². The normalized spacial score (nSPS) is 20.9. The van der Waals surface area contributed by atoms with Gasteiger partial charge in [0.1, 0.15) is 0 Å². The molecule has 21 heavy (non-hydrogen) atoms. The maximum atomic E-state index is 10.7. The summed E-state index contributed by atoms with van der Waals surface area (Å²) in [4.78, 5) is 0. The predicted molar refractivity (Wildman–Crippen MR) is 70.0 cm³/mol. The molecule has 0 saturated carbocycles. The van der Waals surface area contributed by atoms with Crippen LogP contribution in [0.25, 0.3) is 0 Å². The van der Waals surface area contributed by atoms with E-state index in [0.29, 0.717) is 3.97 Å². The average molecular weight is 436 g/mol. The summed E-state index contributed by atoms with van der Waals surface area (Å²) >= 11 is -0.152. The third-order valence-corrected chi connectivity index (χ3v) is 5.62. The second-order valence-electron chi connectivity index (χ2n) is 3.95. The van der Waals surface area contributed by atoms with E-state index in [1.165, 1.54) is 11.1 Å². The smallest absolute Gasteiger partial charge is 0.485 e. The molecular weight excluding hydrogens is 425 g/mol. The monoisotopic (exact) mass is 438 g/mol. The molecule has 116 valence electrons. The van der Waals surface area contributed by atoms with Gasteiger partial charge in [0.2, 0.25) is 0 Å². The Kier molecular flexibility index (Phi) is 6.02. The van der Waals surface area contributed by atoms with E-state index in [2.05, 4.69) is 29.3 Å². The number of hydrogen-bond donors (Lipinski definition) is 0. The van der Waals surface area contributed by atoms with E-state index in [1.54, 1.807) is 7.11 Å². The van der Waals surface area contributed by atoms with Gasteiger partial charge in [-0.2, -0.15) is 13.2 Å². The van der Waals surface area contributed by atoms with Crippen molar-refractivity contribution in [2.24, 2.45) is 0 Å². The summed E-state index contributed by atoms with van der Waals surface area (Å²) in [6, 6.07) is 0. The minimum Gasteiger partial charge on any atom is -0.741 e. The summed E-state index contributed by atoms with van der Waals surface area (Å²) in [6.07, 6.45) is 8.58. The number of fused-ring (bicyclic) bond motifs is 1. The largest absolute Gasteiger partial charge is 0.741 e. The van der Waals surface area contributed by atoms with Gasteiger partial charge in [0.15, 0.2) is 10.1 Å². The molecule has 1 atom stereocenters. The van der Waals surface area contributed by atoms with E-state index in [1.807, 2.05) is 6.08 Å².